The molecule has 0 bridgehead atoms. The molecule has 2 unspecified atom stereocenters. The van der Waals surface area contributed by atoms with Crippen LogP contribution in [0.5, 0.6) is 0 Å². The van der Waals surface area contributed by atoms with Gasteiger partial charge in [-0.05, 0) is 36.0 Å². The lowest BCUT2D eigenvalue weighted by Gasteiger charge is -2.39. The van der Waals surface area contributed by atoms with Gasteiger partial charge in [-0.15, -0.1) is 5.10 Å². The minimum atomic E-state index is -0.517. The van der Waals surface area contributed by atoms with Crippen LogP contribution in [-0.2, 0) is 4.79 Å². The fraction of sp³-hybridized carbons (Fsp3) is 0.524. The van der Waals surface area contributed by atoms with E-state index in [1.54, 1.807) is 23.5 Å². The Morgan fingerprint density at radius 1 is 1.09 bits per heavy atom. The first-order chi connectivity index (χ1) is 16.5. The highest BCUT2D eigenvalue weighted by atomic mass is 32.2. The topological polar surface area (TPSA) is 115 Å². The van der Waals surface area contributed by atoms with Gasteiger partial charge in [0.15, 0.2) is 18.2 Å². The van der Waals surface area contributed by atoms with E-state index in [9.17, 15) is 9.59 Å². The summed E-state index contributed by atoms with van der Waals surface area (Å²) in [5, 5.41) is 15.3. The maximum atomic E-state index is 12.8. The number of hydrogen-bond acceptors (Lipinski definition) is 10. The number of carbonyl (C=O) groups excluding carboxylic acids is 2. The van der Waals surface area contributed by atoms with Crippen LogP contribution in [-0.4, -0.2) is 122 Å². The van der Waals surface area contributed by atoms with Crippen LogP contribution in [0.25, 0.3) is 5.69 Å². The van der Waals surface area contributed by atoms with Crippen LogP contribution in [0.1, 0.15) is 6.42 Å². The van der Waals surface area contributed by atoms with E-state index in [1.807, 2.05) is 30.3 Å². The second-order valence-corrected chi connectivity index (χ2v) is 9.65. The highest BCUT2D eigenvalue weighted by Crippen LogP contribution is 2.27. The molecule has 34 heavy (non-hydrogen) atoms. The van der Waals surface area contributed by atoms with Crippen LogP contribution in [0, 0.1) is 0 Å². The molecule has 13 heteroatoms. The summed E-state index contributed by atoms with van der Waals surface area (Å²) in [6, 6.07) is 8.86. The molecule has 5 rings (SSSR count). The number of nitrogens with one attached hydrogen (secondary N) is 1. The molecule has 1 N–H and O–H groups in total. The number of tetrazole rings is 1. The SMILES string of the molecule is CN1CCN(C2=NC3C(C(=O)NC(=O)N3C)N2CCCSc2nnnn2-c2ccccc2)CC1. The molecule has 3 aliphatic heterocycles. The lowest BCUT2D eigenvalue weighted by molar-refractivity contribution is -0.127. The summed E-state index contributed by atoms with van der Waals surface area (Å²) < 4.78 is 1.73. The Labute approximate surface area is 201 Å². The fourth-order valence-corrected chi connectivity index (χ4v) is 5.23. The number of nitrogens with zero attached hydrogens (tertiary/aromatic N) is 9. The van der Waals surface area contributed by atoms with Gasteiger partial charge in [0.2, 0.25) is 5.16 Å². The average molecular weight is 485 g/mol. The summed E-state index contributed by atoms with van der Waals surface area (Å²) in [5.41, 5.74) is 0.911. The quantitative estimate of drug-likeness (QED) is 0.445. The molecule has 180 valence electrons. The molecule has 0 spiro atoms. The predicted molar refractivity (Wildman–Crippen MR) is 127 cm³/mol. The van der Waals surface area contributed by atoms with E-state index in [0.29, 0.717) is 6.54 Å². The number of fused-ring (bicyclic) bond motifs is 1. The van der Waals surface area contributed by atoms with Crippen LogP contribution in [0.3, 0.4) is 0 Å². The van der Waals surface area contributed by atoms with E-state index in [-0.39, 0.29) is 5.91 Å². The third kappa shape index (κ3) is 4.32. The first-order valence-corrected chi connectivity index (χ1v) is 12.3. The lowest BCUT2D eigenvalue weighted by atomic mass is 10.1. The van der Waals surface area contributed by atoms with E-state index in [0.717, 1.165) is 55.2 Å². The summed E-state index contributed by atoms with van der Waals surface area (Å²) in [4.78, 5) is 37.9. The third-order valence-corrected chi connectivity index (χ3v) is 7.35. The van der Waals surface area contributed by atoms with Crippen molar-refractivity contribution in [1.29, 1.82) is 0 Å². The number of hydrogen-bond donors (Lipinski definition) is 1. The van der Waals surface area contributed by atoms with Gasteiger partial charge in [-0.3, -0.25) is 10.1 Å². The standard InChI is InChI=1S/C21H28N10O2S/c1-27-10-12-29(13-11-27)19-22-17-16(18(32)23-20(33)28(17)2)30(19)9-6-14-34-21-24-25-26-31(21)15-7-4-3-5-8-15/h3-5,7-8,16-17H,6,9-14H2,1-2H3,(H,23,32,33). The van der Waals surface area contributed by atoms with Gasteiger partial charge >= 0.3 is 6.03 Å². The Balaban J connectivity index is 1.27. The maximum Gasteiger partial charge on any atom is 0.325 e. The zero-order valence-electron chi connectivity index (χ0n) is 19.2. The van der Waals surface area contributed by atoms with Crippen molar-refractivity contribution in [2.45, 2.75) is 23.8 Å². The zero-order valence-corrected chi connectivity index (χ0v) is 20.1. The van der Waals surface area contributed by atoms with Crippen molar-refractivity contribution < 1.29 is 9.59 Å². The molecule has 2 fully saturated rings. The number of likely N-dealkylation sites (N-methyl/N-ethyl adjacent to an activating group) is 2. The number of benzene rings is 1. The van der Waals surface area contributed by atoms with Gasteiger partial charge < -0.3 is 19.6 Å². The zero-order chi connectivity index (χ0) is 23.7. The molecule has 1 aromatic carbocycles. The van der Waals surface area contributed by atoms with E-state index >= 15 is 0 Å². The Kier molecular flexibility index (Phi) is 6.37. The van der Waals surface area contributed by atoms with Gasteiger partial charge in [0.05, 0.1) is 5.69 Å². The number of rotatable bonds is 6. The Morgan fingerprint density at radius 2 is 1.85 bits per heavy atom. The van der Waals surface area contributed by atoms with Gasteiger partial charge in [-0.25, -0.2) is 9.79 Å². The minimum Gasteiger partial charge on any atom is -0.340 e. The Hall–Kier alpha value is -3.19. The number of aliphatic imine (C=N–C) groups is 1. The van der Waals surface area contributed by atoms with Crippen molar-refractivity contribution >= 4 is 29.7 Å². The van der Waals surface area contributed by atoms with Crippen LogP contribution in [0.15, 0.2) is 40.5 Å². The molecule has 3 amide bonds. The number of imide groups is 1. The molecule has 2 aromatic rings. The lowest BCUT2D eigenvalue weighted by Crippen LogP contribution is -2.64. The molecule has 12 nitrogen and oxygen atoms in total. The van der Waals surface area contributed by atoms with Crippen LogP contribution in [0.2, 0.25) is 0 Å². The minimum absolute atomic E-state index is 0.290. The van der Waals surface area contributed by atoms with E-state index in [4.69, 9.17) is 4.99 Å². The van der Waals surface area contributed by atoms with E-state index in [1.165, 1.54) is 4.90 Å². The molecule has 0 saturated carbocycles. The Bertz CT molecular complexity index is 1070. The number of guanidine groups is 1. The second kappa shape index (κ2) is 9.58. The van der Waals surface area contributed by atoms with Gasteiger partial charge in [0, 0.05) is 45.5 Å². The molecular formula is C21H28N10O2S. The number of urea groups is 1. The number of amides is 3. The van der Waals surface area contributed by atoms with Crippen molar-refractivity contribution in [2.75, 3.05) is 52.6 Å². The van der Waals surface area contributed by atoms with E-state index in [2.05, 4.69) is 42.6 Å². The predicted octanol–water partition coefficient (Wildman–Crippen LogP) is -0.0602. The number of para-hydroxylation sites is 1. The molecule has 3 aliphatic rings. The Morgan fingerprint density at radius 3 is 2.62 bits per heavy atom. The first-order valence-electron chi connectivity index (χ1n) is 11.3. The van der Waals surface area contributed by atoms with Gasteiger partial charge in [-0.1, -0.05) is 30.0 Å². The normalized spacial score (nSPS) is 23.2. The highest BCUT2D eigenvalue weighted by Gasteiger charge is 2.49. The van der Waals surface area contributed by atoms with Gasteiger partial charge in [-0.2, -0.15) is 4.68 Å². The molecule has 2 saturated heterocycles. The monoisotopic (exact) mass is 484 g/mol. The van der Waals surface area contributed by atoms with E-state index < -0.39 is 18.2 Å². The molecule has 4 heterocycles. The summed E-state index contributed by atoms with van der Waals surface area (Å²) in [5.74, 6) is 1.29. The smallest absolute Gasteiger partial charge is 0.325 e. The highest BCUT2D eigenvalue weighted by molar-refractivity contribution is 7.99. The van der Waals surface area contributed by atoms with Crippen molar-refractivity contribution in [2.24, 2.45) is 4.99 Å². The summed E-state index contributed by atoms with van der Waals surface area (Å²) >= 11 is 1.58. The largest absolute Gasteiger partial charge is 0.340 e. The number of thioether (sulfide) groups is 1. The molecular weight excluding hydrogens is 456 g/mol. The number of carbonyl (C=O) groups is 2. The second-order valence-electron chi connectivity index (χ2n) is 8.59. The number of piperazine rings is 1. The summed E-state index contributed by atoms with van der Waals surface area (Å²) in [6.07, 6.45) is 0.293. The molecule has 1 aromatic heterocycles. The third-order valence-electron chi connectivity index (χ3n) is 6.34. The molecule has 2 atom stereocenters. The van der Waals surface area contributed by atoms with Crippen LogP contribution >= 0.6 is 11.8 Å². The number of aromatic nitrogens is 4. The molecule has 0 radical (unpaired) electrons. The first kappa shape index (κ1) is 22.6. The fourth-order valence-electron chi connectivity index (χ4n) is 4.42. The summed E-state index contributed by atoms with van der Waals surface area (Å²) in [6.45, 7) is 4.18. The van der Waals surface area contributed by atoms with Crippen molar-refractivity contribution in [3.63, 3.8) is 0 Å². The van der Waals surface area contributed by atoms with Gasteiger partial charge in [0.1, 0.15) is 0 Å². The van der Waals surface area contributed by atoms with Gasteiger partial charge in [0.25, 0.3) is 5.91 Å². The maximum absolute atomic E-state index is 12.8. The average Bonchev–Trinajstić information content (AvgIpc) is 3.47. The van der Waals surface area contributed by atoms with Crippen molar-refractivity contribution in [3.05, 3.63) is 30.3 Å². The van der Waals surface area contributed by atoms with Crippen molar-refractivity contribution in [3.8, 4) is 5.69 Å². The van der Waals surface area contributed by atoms with Crippen molar-refractivity contribution in [1.82, 2.24) is 45.1 Å². The van der Waals surface area contributed by atoms with Crippen LogP contribution < -0.4 is 5.32 Å². The molecule has 0 aliphatic carbocycles. The van der Waals surface area contributed by atoms with Crippen LogP contribution in [0.4, 0.5) is 4.79 Å². The summed E-state index contributed by atoms with van der Waals surface area (Å²) in [7, 11) is 3.79.